The van der Waals surface area contributed by atoms with E-state index in [2.05, 4.69) is 36.6 Å². The molecule has 3 nitrogen and oxygen atoms in total. The van der Waals surface area contributed by atoms with E-state index >= 15 is 0 Å². The molecule has 0 saturated heterocycles. The molecule has 1 aromatic rings. The zero-order valence-corrected chi connectivity index (χ0v) is 10.9. The van der Waals surface area contributed by atoms with E-state index in [1.54, 1.807) is 0 Å². The van der Waals surface area contributed by atoms with E-state index in [9.17, 15) is 4.79 Å². The van der Waals surface area contributed by atoms with Crippen molar-refractivity contribution in [1.82, 2.24) is 5.32 Å². The minimum atomic E-state index is 0.0833. The fraction of sp³-hybridized carbons (Fsp3) is 0.500. The van der Waals surface area contributed by atoms with Crippen molar-refractivity contribution in [2.24, 2.45) is 0 Å². The van der Waals surface area contributed by atoms with E-state index in [1.807, 2.05) is 19.1 Å². The zero-order valence-electron chi connectivity index (χ0n) is 10.9. The second kappa shape index (κ2) is 7.07. The van der Waals surface area contributed by atoms with Gasteiger partial charge in [-0.1, -0.05) is 26.0 Å². The number of anilines is 1. The van der Waals surface area contributed by atoms with Crippen LogP contribution in [0.3, 0.4) is 0 Å². The minimum absolute atomic E-state index is 0.0833. The third-order valence-electron chi connectivity index (χ3n) is 2.68. The van der Waals surface area contributed by atoms with Crippen LogP contribution in [-0.4, -0.2) is 12.5 Å². The number of carbonyl (C=O) groups is 1. The Kier molecular flexibility index (Phi) is 5.70. The lowest BCUT2D eigenvalue weighted by atomic mass is 10.1. The van der Waals surface area contributed by atoms with Gasteiger partial charge in [0.15, 0.2) is 0 Å². The fourth-order valence-electron chi connectivity index (χ4n) is 1.73. The standard InChI is InChI=1S/C14H22N2O/c1-4-6-14(17)16-13-9-7-12(8-10-13)11(3)15-5-2/h7-11,15H,4-6H2,1-3H3,(H,16,17). The molecule has 1 rings (SSSR count). The number of amides is 1. The lowest BCUT2D eigenvalue weighted by molar-refractivity contribution is -0.116. The molecule has 3 heteroatoms. The largest absolute Gasteiger partial charge is 0.326 e. The van der Waals surface area contributed by atoms with Crippen LogP contribution < -0.4 is 10.6 Å². The zero-order chi connectivity index (χ0) is 12.7. The average molecular weight is 234 g/mol. The minimum Gasteiger partial charge on any atom is -0.326 e. The van der Waals surface area contributed by atoms with Gasteiger partial charge in [-0.3, -0.25) is 4.79 Å². The topological polar surface area (TPSA) is 41.1 Å². The Morgan fingerprint density at radius 1 is 1.24 bits per heavy atom. The number of rotatable bonds is 6. The van der Waals surface area contributed by atoms with Crippen molar-refractivity contribution in [3.8, 4) is 0 Å². The van der Waals surface area contributed by atoms with Crippen LogP contribution in [0.2, 0.25) is 0 Å². The van der Waals surface area contributed by atoms with Crippen molar-refractivity contribution in [3.05, 3.63) is 29.8 Å². The molecule has 17 heavy (non-hydrogen) atoms. The molecule has 0 saturated carbocycles. The number of carbonyl (C=O) groups excluding carboxylic acids is 1. The highest BCUT2D eigenvalue weighted by Gasteiger charge is 2.04. The molecule has 1 aromatic carbocycles. The first-order valence-electron chi connectivity index (χ1n) is 6.30. The normalized spacial score (nSPS) is 12.2. The summed E-state index contributed by atoms with van der Waals surface area (Å²) in [4.78, 5) is 11.4. The molecule has 0 fully saturated rings. The summed E-state index contributed by atoms with van der Waals surface area (Å²) in [5.74, 6) is 0.0833. The van der Waals surface area contributed by atoms with Gasteiger partial charge in [0.05, 0.1) is 0 Å². The Bertz CT molecular complexity index is 346. The Labute approximate surface area is 104 Å². The van der Waals surface area contributed by atoms with Crippen LogP contribution in [0, 0.1) is 0 Å². The van der Waals surface area contributed by atoms with Crippen LogP contribution in [0.1, 0.15) is 45.2 Å². The quantitative estimate of drug-likeness (QED) is 0.794. The number of hydrogen-bond acceptors (Lipinski definition) is 2. The van der Waals surface area contributed by atoms with Crippen molar-refractivity contribution in [2.75, 3.05) is 11.9 Å². The maximum atomic E-state index is 11.4. The van der Waals surface area contributed by atoms with Gasteiger partial charge >= 0.3 is 0 Å². The highest BCUT2D eigenvalue weighted by Crippen LogP contribution is 2.16. The lowest BCUT2D eigenvalue weighted by Gasteiger charge is -2.13. The third-order valence-corrected chi connectivity index (χ3v) is 2.68. The smallest absolute Gasteiger partial charge is 0.224 e. The Hall–Kier alpha value is -1.35. The highest BCUT2D eigenvalue weighted by atomic mass is 16.1. The van der Waals surface area contributed by atoms with Gasteiger partial charge in [0.1, 0.15) is 0 Å². The van der Waals surface area contributed by atoms with Gasteiger partial charge in [0, 0.05) is 18.2 Å². The van der Waals surface area contributed by atoms with Crippen LogP contribution >= 0.6 is 0 Å². The number of hydrogen-bond donors (Lipinski definition) is 2. The predicted octanol–water partition coefficient (Wildman–Crippen LogP) is 3.10. The van der Waals surface area contributed by atoms with E-state index in [1.165, 1.54) is 5.56 Å². The monoisotopic (exact) mass is 234 g/mol. The van der Waals surface area contributed by atoms with Crippen LogP contribution in [0.5, 0.6) is 0 Å². The second-order valence-electron chi connectivity index (χ2n) is 4.20. The fourth-order valence-corrected chi connectivity index (χ4v) is 1.73. The van der Waals surface area contributed by atoms with Gasteiger partial charge in [-0.15, -0.1) is 0 Å². The van der Waals surface area contributed by atoms with Gasteiger partial charge < -0.3 is 10.6 Å². The summed E-state index contributed by atoms with van der Waals surface area (Å²) in [6.07, 6.45) is 1.46. The molecule has 0 aliphatic rings. The summed E-state index contributed by atoms with van der Waals surface area (Å²) in [5.41, 5.74) is 2.11. The first-order chi connectivity index (χ1) is 8.17. The number of nitrogens with one attached hydrogen (secondary N) is 2. The summed E-state index contributed by atoms with van der Waals surface area (Å²) < 4.78 is 0. The first kappa shape index (κ1) is 13.7. The van der Waals surface area contributed by atoms with E-state index in [4.69, 9.17) is 0 Å². The Morgan fingerprint density at radius 3 is 2.41 bits per heavy atom. The summed E-state index contributed by atoms with van der Waals surface area (Å²) >= 11 is 0. The van der Waals surface area contributed by atoms with Gasteiger partial charge in [-0.05, 0) is 37.6 Å². The highest BCUT2D eigenvalue weighted by molar-refractivity contribution is 5.90. The molecule has 0 aliphatic carbocycles. The van der Waals surface area contributed by atoms with Crippen molar-refractivity contribution >= 4 is 11.6 Å². The molecular weight excluding hydrogens is 212 g/mol. The number of benzene rings is 1. The van der Waals surface area contributed by atoms with E-state index in [0.29, 0.717) is 12.5 Å². The van der Waals surface area contributed by atoms with E-state index in [-0.39, 0.29) is 5.91 Å². The summed E-state index contributed by atoms with van der Waals surface area (Å²) in [5, 5.41) is 6.24. The van der Waals surface area contributed by atoms with Crippen LogP contribution in [-0.2, 0) is 4.79 Å². The maximum absolute atomic E-state index is 11.4. The van der Waals surface area contributed by atoms with Crippen molar-refractivity contribution in [2.45, 2.75) is 39.7 Å². The van der Waals surface area contributed by atoms with E-state index < -0.39 is 0 Å². The molecule has 0 aromatic heterocycles. The molecule has 94 valence electrons. The van der Waals surface area contributed by atoms with Crippen molar-refractivity contribution in [3.63, 3.8) is 0 Å². The Balaban J connectivity index is 2.58. The van der Waals surface area contributed by atoms with Crippen molar-refractivity contribution in [1.29, 1.82) is 0 Å². The summed E-state index contributed by atoms with van der Waals surface area (Å²) in [6, 6.07) is 8.36. The first-order valence-corrected chi connectivity index (χ1v) is 6.30. The van der Waals surface area contributed by atoms with Gasteiger partial charge in [-0.2, -0.15) is 0 Å². The Morgan fingerprint density at radius 2 is 1.88 bits per heavy atom. The second-order valence-corrected chi connectivity index (χ2v) is 4.20. The maximum Gasteiger partial charge on any atom is 0.224 e. The molecule has 0 spiro atoms. The molecular formula is C14H22N2O. The molecule has 0 radical (unpaired) electrons. The molecule has 2 N–H and O–H groups in total. The van der Waals surface area contributed by atoms with Gasteiger partial charge in [-0.25, -0.2) is 0 Å². The molecule has 0 heterocycles. The SMILES string of the molecule is CCCC(=O)Nc1ccc(C(C)NCC)cc1. The van der Waals surface area contributed by atoms with Crippen molar-refractivity contribution < 1.29 is 4.79 Å². The molecule has 1 atom stereocenters. The summed E-state index contributed by atoms with van der Waals surface area (Å²) in [6.45, 7) is 7.18. The summed E-state index contributed by atoms with van der Waals surface area (Å²) in [7, 11) is 0. The molecule has 1 amide bonds. The lowest BCUT2D eigenvalue weighted by Crippen LogP contribution is -2.17. The van der Waals surface area contributed by atoms with Gasteiger partial charge in [0.25, 0.3) is 0 Å². The third kappa shape index (κ3) is 4.57. The predicted molar refractivity (Wildman–Crippen MR) is 72.1 cm³/mol. The van der Waals surface area contributed by atoms with Crippen LogP contribution in [0.15, 0.2) is 24.3 Å². The van der Waals surface area contributed by atoms with Crippen LogP contribution in [0.4, 0.5) is 5.69 Å². The average Bonchev–Trinajstić information content (AvgIpc) is 2.30. The van der Waals surface area contributed by atoms with Crippen LogP contribution in [0.25, 0.3) is 0 Å². The van der Waals surface area contributed by atoms with Gasteiger partial charge in [0.2, 0.25) is 5.91 Å². The molecule has 1 unspecified atom stereocenters. The molecule has 0 aliphatic heterocycles. The van der Waals surface area contributed by atoms with E-state index in [0.717, 1.165) is 18.7 Å². The molecule has 0 bridgehead atoms.